The first-order valence-electron chi connectivity index (χ1n) is 8.53. The van der Waals surface area contributed by atoms with Crippen LogP contribution in [0.3, 0.4) is 0 Å². The monoisotopic (exact) mass is 418 g/mol. The molecule has 3 rings (SSSR count). The number of hydrogen-bond acceptors (Lipinski definition) is 5. The van der Waals surface area contributed by atoms with Crippen molar-refractivity contribution in [3.63, 3.8) is 0 Å². The molecule has 0 bridgehead atoms. The van der Waals surface area contributed by atoms with Crippen LogP contribution in [0.5, 0.6) is 0 Å². The molecule has 0 unspecified atom stereocenters. The van der Waals surface area contributed by atoms with Gasteiger partial charge in [-0.05, 0) is 24.1 Å². The minimum atomic E-state index is -3.89. The highest BCUT2D eigenvalue weighted by Gasteiger charge is 2.26. The van der Waals surface area contributed by atoms with Gasteiger partial charge in [-0.3, -0.25) is 9.52 Å². The number of carbonyl (C=O) groups excluding carboxylic acids is 1. The van der Waals surface area contributed by atoms with Gasteiger partial charge in [0.25, 0.3) is 0 Å². The molecule has 150 valence electrons. The van der Waals surface area contributed by atoms with Crippen molar-refractivity contribution < 1.29 is 22.0 Å². The normalized spacial score (nSPS) is 11.6. The molecule has 2 heterocycles. The van der Waals surface area contributed by atoms with Gasteiger partial charge in [-0.15, -0.1) is 0 Å². The Kier molecular flexibility index (Phi) is 5.35. The standard InChI is InChI=1S/C19H16F2N4O3S/c1-10(2)9-29(27,28)25-15-4-3-14(20)16(17(15)21)18(26)13-8-24-19-12(13)5-11(6-22)7-23-19/h3-5,7-8,10,25H,9H2,1-2H3,(H,23,24). The fourth-order valence-corrected chi connectivity index (χ4v) is 4.33. The number of nitriles is 1. The maximum absolute atomic E-state index is 14.9. The molecule has 0 fully saturated rings. The van der Waals surface area contributed by atoms with E-state index in [2.05, 4.69) is 14.7 Å². The summed E-state index contributed by atoms with van der Waals surface area (Å²) in [6.45, 7) is 3.35. The number of halogens is 2. The van der Waals surface area contributed by atoms with E-state index in [9.17, 15) is 22.0 Å². The van der Waals surface area contributed by atoms with Crippen LogP contribution < -0.4 is 4.72 Å². The Labute approximate surface area is 165 Å². The topological polar surface area (TPSA) is 116 Å². The van der Waals surface area contributed by atoms with E-state index in [4.69, 9.17) is 5.26 Å². The van der Waals surface area contributed by atoms with Crippen molar-refractivity contribution in [3.8, 4) is 6.07 Å². The molecule has 10 heteroatoms. The van der Waals surface area contributed by atoms with Crippen molar-refractivity contribution in [2.24, 2.45) is 5.92 Å². The number of nitrogens with zero attached hydrogens (tertiary/aromatic N) is 2. The molecule has 3 aromatic rings. The highest BCUT2D eigenvalue weighted by atomic mass is 32.2. The number of hydrogen-bond donors (Lipinski definition) is 2. The van der Waals surface area contributed by atoms with Crippen molar-refractivity contribution in [2.75, 3.05) is 10.5 Å². The van der Waals surface area contributed by atoms with Crippen molar-refractivity contribution in [3.05, 3.63) is 58.9 Å². The number of sulfonamides is 1. The summed E-state index contributed by atoms with van der Waals surface area (Å²) in [5.74, 6) is -3.95. The maximum Gasteiger partial charge on any atom is 0.233 e. The Hall–Kier alpha value is -3.32. The third kappa shape index (κ3) is 4.09. The van der Waals surface area contributed by atoms with E-state index in [1.807, 2.05) is 6.07 Å². The summed E-state index contributed by atoms with van der Waals surface area (Å²) >= 11 is 0. The largest absolute Gasteiger partial charge is 0.345 e. The number of ketones is 1. The van der Waals surface area contributed by atoms with Gasteiger partial charge < -0.3 is 4.98 Å². The predicted molar refractivity (Wildman–Crippen MR) is 103 cm³/mol. The minimum absolute atomic E-state index is 0.0930. The van der Waals surface area contributed by atoms with Crippen molar-refractivity contribution in [2.45, 2.75) is 13.8 Å². The Bertz CT molecular complexity index is 1260. The average molecular weight is 418 g/mol. The lowest BCUT2D eigenvalue weighted by Crippen LogP contribution is -2.21. The van der Waals surface area contributed by atoms with E-state index < -0.39 is 38.7 Å². The fourth-order valence-electron chi connectivity index (χ4n) is 2.87. The van der Waals surface area contributed by atoms with Crippen LogP contribution in [-0.4, -0.2) is 29.9 Å². The van der Waals surface area contributed by atoms with E-state index in [1.54, 1.807) is 13.8 Å². The summed E-state index contributed by atoms with van der Waals surface area (Å²) in [6, 6.07) is 4.98. The summed E-state index contributed by atoms with van der Waals surface area (Å²) < 4.78 is 55.5. The number of aromatic amines is 1. The number of H-pyrrole nitrogens is 1. The molecule has 2 N–H and O–H groups in total. The Morgan fingerprint density at radius 2 is 2.07 bits per heavy atom. The molecule has 0 atom stereocenters. The molecule has 29 heavy (non-hydrogen) atoms. The van der Waals surface area contributed by atoms with Crippen LogP contribution in [0.1, 0.15) is 35.3 Å². The highest BCUT2D eigenvalue weighted by Crippen LogP contribution is 2.27. The molecule has 0 saturated carbocycles. The van der Waals surface area contributed by atoms with Crippen LogP contribution in [0.15, 0.2) is 30.6 Å². The van der Waals surface area contributed by atoms with E-state index in [-0.39, 0.29) is 33.8 Å². The van der Waals surface area contributed by atoms with Crippen LogP contribution in [-0.2, 0) is 10.0 Å². The van der Waals surface area contributed by atoms with Crippen molar-refractivity contribution >= 4 is 32.5 Å². The SMILES string of the molecule is CC(C)CS(=O)(=O)Nc1ccc(F)c(C(=O)c2c[nH]c3ncc(C#N)cc23)c1F. The number of fused-ring (bicyclic) bond motifs is 1. The van der Waals surface area contributed by atoms with Crippen LogP contribution >= 0.6 is 0 Å². The summed E-state index contributed by atoms with van der Waals surface area (Å²) in [6.07, 6.45) is 2.52. The predicted octanol–water partition coefficient (Wildman–Crippen LogP) is 3.34. The second kappa shape index (κ2) is 7.60. The van der Waals surface area contributed by atoms with Gasteiger partial charge in [0.2, 0.25) is 15.8 Å². The quantitative estimate of drug-likeness (QED) is 0.596. The van der Waals surface area contributed by atoms with Gasteiger partial charge in [0.1, 0.15) is 17.5 Å². The van der Waals surface area contributed by atoms with Gasteiger partial charge in [-0.2, -0.15) is 5.26 Å². The van der Waals surface area contributed by atoms with E-state index >= 15 is 0 Å². The summed E-state index contributed by atoms with van der Waals surface area (Å²) in [5.41, 5.74) is -1.09. The van der Waals surface area contributed by atoms with Crippen molar-refractivity contribution in [1.29, 1.82) is 5.26 Å². The highest BCUT2D eigenvalue weighted by molar-refractivity contribution is 7.92. The van der Waals surface area contributed by atoms with E-state index in [0.29, 0.717) is 0 Å². The number of aromatic nitrogens is 2. The zero-order chi connectivity index (χ0) is 21.3. The third-order valence-corrected chi connectivity index (χ3v) is 5.68. The molecule has 0 aliphatic rings. The first-order chi connectivity index (χ1) is 13.6. The molecule has 0 amide bonds. The molecule has 0 spiro atoms. The maximum atomic E-state index is 14.9. The fraction of sp³-hybridized carbons (Fsp3) is 0.211. The zero-order valence-corrected chi connectivity index (χ0v) is 16.3. The second-order valence-corrected chi connectivity index (χ2v) is 8.59. The summed E-state index contributed by atoms with van der Waals surface area (Å²) in [5, 5.41) is 9.23. The molecule has 0 radical (unpaired) electrons. The number of nitrogens with one attached hydrogen (secondary N) is 2. The third-order valence-electron chi connectivity index (χ3n) is 4.04. The molecular weight excluding hydrogens is 402 g/mol. The van der Waals surface area contributed by atoms with Crippen LogP contribution in [0.25, 0.3) is 11.0 Å². The van der Waals surface area contributed by atoms with Crippen molar-refractivity contribution in [1.82, 2.24) is 9.97 Å². The van der Waals surface area contributed by atoms with E-state index in [1.165, 1.54) is 18.5 Å². The van der Waals surface area contributed by atoms with Crippen LogP contribution in [0.2, 0.25) is 0 Å². The molecule has 7 nitrogen and oxygen atoms in total. The number of benzene rings is 1. The second-order valence-electron chi connectivity index (χ2n) is 6.82. The van der Waals surface area contributed by atoms with Gasteiger partial charge in [0.15, 0.2) is 5.82 Å². The Balaban J connectivity index is 2.08. The number of carbonyl (C=O) groups is 1. The lowest BCUT2D eigenvalue weighted by atomic mass is 10.0. The average Bonchev–Trinajstić information content (AvgIpc) is 3.06. The number of anilines is 1. The summed E-state index contributed by atoms with van der Waals surface area (Å²) in [7, 11) is -3.89. The first-order valence-corrected chi connectivity index (χ1v) is 10.2. The Morgan fingerprint density at radius 3 is 2.72 bits per heavy atom. The van der Waals surface area contributed by atoms with E-state index in [0.717, 1.165) is 12.1 Å². The van der Waals surface area contributed by atoms with Gasteiger partial charge >= 0.3 is 0 Å². The van der Waals surface area contributed by atoms with Gasteiger partial charge in [0.05, 0.1) is 22.6 Å². The molecule has 2 aromatic heterocycles. The molecule has 0 aliphatic carbocycles. The van der Waals surface area contributed by atoms with Gasteiger partial charge in [-0.1, -0.05) is 13.8 Å². The molecule has 0 saturated heterocycles. The summed E-state index contributed by atoms with van der Waals surface area (Å²) in [4.78, 5) is 19.6. The lowest BCUT2D eigenvalue weighted by Gasteiger charge is -2.13. The smallest absolute Gasteiger partial charge is 0.233 e. The zero-order valence-electron chi connectivity index (χ0n) is 15.5. The number of rotatable bonds is 6. The van der Waals surface area contributed by atoms with Crippen LogP contribution in [0, 0.1) is 28.9 Å². The van der Waals surface area contributed by atoms with Crippen LogP contribution in [0.4, 0.5) is 14.5 Å². The molecule has 0 aliphatic heterocycles. The molecule has 1 aromatic carbocycles. The van der Waals surface area contributed by atoms with Gasteiger partial charge in [-0.25, -0.2) is 22.2 Å². The number of pyridine rings is 1. The van der Waals surface area contributed by atoms with Gasteiger partial charge in [0, 0.05) is 23.3 Å². The lowest BCUT2D eigenvalue weighted by molar-refractivity contribution is 0.103. The Morgan fingerprint density at radius 1 is 1.34 bits per heavy atom. The molecular formula is C19H16F2N4O3S. The first kappa shape index (κ1) is 20.4. The minimum Gasteiger partial charge on any atom is -0.345 e.